The average Bonchev–Trinajstić information content (AvgIpc) is 3.41. The quantitative estimate of drug-likeness (QED) is 0.134. The maximum Gasteiger partial charge on any atom is -0.00923 e. The third kappa shape index (κ3) is 7.16. The van der Waals surface area contributed by atoms with Crippen LogP contribution >= 0.6 is 0 Å². The van der Waals surface area contributed by atoms with Crippen molar-refractivity contribution in [3.8, 4) is 89.0 Å². The second-order valence-electron chi connectivity index (χ2n) is 17.2. The van der Waals surface area contributed by atoms with Crippen LogP contribution in [0, 0.1) is 0 Å². The molecule has 0 unspecified atom stereocenters. The molecule has 0 saturated carbocycles. The molecule has 0 bridgehead atoms. The lowest BCUT2D eigenvalue weighted by Gasteiger charge is -2.18. The predicted octanol–water partition coefficient (Wildman–Crippen LogP) is 18.5. The summed E-state index contributed by atoms with van der Waals surface area (Å²) in [6, 6.07) is 97.9. The first-order chi connectivity index (χ1) is 32.7. The molecule has 66 heavy (non-hydrogen) atoms. The van der Waals surface area contributed by atoms with Gasteiger partial charge in [0, 0.05) is 0 Å². The van der Waals surface area contributed by atoms with Gasteiger partial charge in [-0.1, -0.05) is 231 Å². The number of hydrogen-bond acceptors (Lipinski definition) is 0. The summed E-state index contributed by atoms with van der Waals surface area (Å²) >= 11 is 0. The molecule has 0 radical (unpaired) electrons. The number of hydrogen-bond donors (Lipinski definition) is 0. The molecule has 0 saturated heterocycles. The van der Waals surface area contributed by atoms with Gasteiger partial charge >= 0.3 is 0 Å². The normalized spacial score (nSPS) is 11.3. The lowest BCUT2D eigenvalue weighted by Crippen LogP contribution is -1.92. The molecule has 12 aromatic carbocycles. The molecule has 0 N–H and O–H groups in total. The van der Waals surface area contributed by atoms with E-state index in [1.807, 2.05) is 0 Å². The summed E-state index contributed by atoms with van der Waals surface area (Å²) in [5.41, 5.74) is 19.3. The van der Waals surface area contributed by atoms with Gasteiger partial charge in [-0.3, -0.25) is 0 Å². The van der Waals surface area contributed by atoms with Crippen LogP contribution in [0.3, 0.4) is 0 Å². The van der Waals surface area contributed by atoms with E-state index in [1.54, 1.807) is 0 Å². The van der Waals surface area contributed by atoms with E-state index in [1.165, 1.54) is 121 Å². The Morgan fingerprint density at radius 3 is 0.652 bits per heavy atom. The zero-order valence-corrected chi connectivity index (χ0v) is 36.4. The van der Waals surface area contributed by atoms with Gasteiger partial charge in [-0.2, -0.15) is 0 Å². The highest BCUT2D eigenvalue weighted by atomic mass is 14.2. The van der Waals surface area contributed by atoms with Crippen LogP contribution in [0.15, 0.2) is 267 Å². The minimum absolute atomic E-state index is 1.19. The Bertz CT molecular complexity index is 3440. The molecule has 0 aliphatic rings. The summed E-state index contributed by atoms with van der Waals surface area (Å²) in [7, 11) is 0. The standard InChI is InChI=1S/C66H44/c1-7-19-45(20-8-1)55-35-31-51(39-59(55)47-23-11-3-12-24-47)53-33-37-57-63(41-53)64-42-54(52-32-36-56(46-21-9-2-10-22-46)60(40-52)48-25-13-4-14-26-48)34-38-58(64)66-44-62(50-29-17-6-18-30-50)61(43-65(57)66)49-27-15-5-16-28-49/h1-44H. The van der Waals surface area contributed by atoms with Gasteiger partial charge in [0.15, 0.2) is 0 Å². The van der Waals surface area contributed by atoms with E-state index in [4.69, 9.17) is 0 Å². The third-order valence-electron chi connectivity index (χ3n) is 13.3. The van der Waals surface area contributed by atoms with Crippen LogP contribution in [-0.2, 0) is 0 Å². The van der Waals surface area contributed by atoms with Crippen molar-refractivity contribution < 1.29 is 0 Å². The largest absolute Gasteiger partial charge is 0.0622 e. The monoisotopic (exact) mass is 836 g/mol. The second kappa shape index (κ2) is 16.8. The minimum atomic E-state index is 1.19. The fraction of sp³-hybridized carbons (Fsp3) is 0. The molecule has 308 valence electrons. The Morgan fingerprint density at radius 1 is 0.121 bits per heavy atom. The Hall–Kier alpha value is -8.58. The Morgan fingerprint density at radius 2 is 0.348 bits per heavy atom. The van der Waals surface area contributed by atoms with Crippen molar-refractivity contribution in [2.45, 2.75) is 0 Å². The van der Waals surface area contributed by atoms with Crippen molar-refractivity contribution in [1.82, 2.24) is 0 Å². The smallest absolute Gasteiger partial charge is 0.00923 e. The first kappa shape index (κ1) is 39.0. The lowest BCUT2D eigenvalue weighted by molar-refractivity contribution is 1.57. The van der Waals surface area contributed by atoms with Crippen molar-refractivity contribution in [2.24, 2.45) is 0 Å². The molecule has 0 amide bonds. The van der Waals surface area contributed by atoms with Crippen LogP contribution in [0.5, 0.6) is 0 Å². The van der Waals surface area contributed by atoms with Crippen molar-refractivity contribution in [3.05, 3.63) is 267 Å². The molecule has 0 aliphatic carbocycles. The summed E-state index contributed by atoms with van der Waals surface area (Å²) in [5.74, 6) is 0. The average molecular weight is 837 g/mol. The molecule has 0 heterocycles. The molecular formula is C66H44. The van der Waals surface area contributed by atoms with Crippen LogP contribution in [0.1, 0.15) is 0 Å². The van der Waals surface area contributed by atoms with E-state index in [-0.39, 0.29) is 0 Å². The summed E-state index contributed by atoms with van der Waals surface area (Å²) in [6.07, 6.45) is 0. The minimum Gasteiger partial charge on any atom is -0.0622 e. The molecule has 0 nitrogen and oxygen atoms in total. The number of benzene rings is 12. The Kier molecular flexibility index (Phi) is 9.97. The van der Waals surface area contributed by atoms with Gasteiger partial charge < -0.3 is 0 Å². The zero-order valence-electron chi connectivity index (χ0n) is 36.4. The summed E-state index contributed by atoms with van der Waals surface area (Å²) in [5, 5.41) is 7.45. The SMILES string of the molecule is c1ccc(-c2ccc(-c3ccc4c(c3)c3cc(-c5ccc(-c6ccccc6)c(-c6ccccc6)c5)ccc3c3cc(-c5ccccc5)c(-c5ccccc5)cc43)cc2-c2ccccc2)cc1. The van der Waals surface area contributed by atoms with Crippen LogP contribution in [0.2, 0.25) is 0 Å². The molecule has 0 aromatic heterocycles. The van der Waals surface area contributed by atoms with Gasteiger partial charge in [0.2, 0.25) is 0 Å². The topological polar surface area (TPSA) is 0 Å². The van der Waals surface area contributed by atoms with Crippen molar-refractivity contribution in [1.29, 1.82) is 0 Å². The zero-order chi connectivity index (χ0) is 43.8. The van der Waals surface area contributed by atoms with Crippen LogP contribution < -0.4 is 0 Å². The molecule has 12 aromatic rings. The van der Waals surface area contributed by atoms with Gasteiger partial charge in [-0.05, 0) is 158 Å². The first-order valence-corrected chi connectivity index (χ1v) is 22.8. The van der Waals surface area contributed by atoms with Crippen molar-refractivity contribution >= 4 is 32.3 Å². The van der Waals surface area contributed by atoms with E-state index in [0.29, 0.717) is 0 Å². The molecule has 12 rings (SSSR count). The Balaban J connectivity index is 1.12. The van der Waals surface area contributed by atoms with Gasteiger partial charge in [0.1, 0.15) is 0 Å². The number of fused-ring (bicyclic) bond motifs is 6. The first-order valence-electron chi connectivity index (χ1n) is 22.8. The molecule has 0 aliphatic heterocycles. The highest BCUT2D eigenvalue weighted by Crippen LogP contribution is 2.45. The molecular weight excluding hydrogens is 793 g/mol. The highest BCUT2D eigenvalue weighted by Gasteiger charge is 2.18. The molecule has 0 atom stereocenters. The van der Waals surface area contributed by atoms with E-state index >= 15 is 0 Å². The molecule has 0 heteroatoms. The fourth-order valence-corrected chi connectivity index (χ4v) is 10.0. The van der Waals surface area contributed by atoms with Gasteiger partial charge in [0.25, 0.3) is 0 Å². The maximum absolute atomic E-state index is 2.44. The second-order valence-corrected chi connectivity index (χ2v) is 17.2. The Labute approximate surface area is 386 Å². The van der Waals surface area contributed by atoms with Gasteiger partial charge in [-0.25, -0.2) is 0 Å². The molecule has 0 fully saturated rings. The van der Waals surface area contributed by atoms with Crippen molar-refractivity contribution in [2.75, 3.05) is 0 Å². The van der Waals surface area contributed by atoms with Crippen LogP contribution in [-0.4, -0.2) is 0 Å². The van der Waals surface area contributed by atoms with Gasteiger partial charge in [0.05, 0.1) is 0 Å². The lowest BCUT2D eigenvalue weighted by atomic mass is 9.85. The van der Waals surface area contributed by atoms with E-state index in [9.17, 15) is 0 Å². The predicted molar refractivity (Wildman–Crippen MR) is 282 cm³/mol. The van der Waals surface area contributed by atoms with Gasteiger partial charge in [-0.15, -0.1) is 0 Å². The van der Waals surface area contributed by atoms with E-state index in [2.05, 4.69) is 267 Å². The third-order valence-corrected chi connectivity index (χ3v) is 13.3. The fourth-order valence-electron chi connectivity index (χ4n) is 10.0. The van der Waals surface area contributed by atoms with Crippen LogP contribution in [0.25, 0.3) is 121 Å². The van der Waals surface area contributed by atoms with E-state index in [0.717, 1.165) is 0 Å². The maximum atomic E-state index is 2.44. The summed E-state index contributed by atoms with van der Waals surface area (Å²) in [6.45, 7) is 0. The van der Waals surface area contributed by atoms with E-state index < -0.39 is 0 Å². The summed E-state index contributed by atoms with van der Waals surface area (Å²) in [4.78, 5) is 0. The molecule has 0 spiro atoms. The van der Waals surface area contributed by atoms with Crippen molar-refractivity contribution in [3.63, 3.8) is 0 Å². The number of rotatable bonds is 8. The summed E-state index contributed by atoms with van der Waals surface area (Å²) < 4.78 is 0. The highest BCUT2D eigenvalue weighted by molar-refractivity contribution is 6.27. The van der Waals surface area contributed by atoms with Crippen LogP contribution in [0.4, 0.5) is 0 Å².